The van der Waals surface area contributed by atoms with Crippen LogP contribution in [0.4, 0.5) is 13.2 Å². The molecule has 0 aliphatic rings. The molecule has 0 spiro atoms. The zero-order valence-electron chi connectivity index (χ0n) is 13.7. The molecule has 0 saturated carbocycles. The van der Waals surface area contributed by atoms with Gasteiger partial charge in [-0.1, -0.05) is 12.1 Å². The van der Waals surface area contributed by atoms with Crippen LogP contribution in [-0.4, -0.2) is 24.7 Å². The standard InChI is InChI=1S/C18H15F3O5/c1-12(22)14-4-8-15(9-5-14)24-11-17(23)25-10-13-2-6-16(7-3-13)26-18(19,20)21/h2-9H,10-11H2,1H3. The molecule has 8 heteroatoms. The van der Waals surface area contributed by atoms with Gasteiger partial charge in [-0.05, 0) is 48.9 Å². The molecule has 0 aliphatic heterocycles. The van der Waals surface area contributed by atoms with Gasteiger partial charge in [-0.15, -0.1) is 13.2 Å². The highest BCUT2D eigenvalue weighted by Gasteiger charge is 2.30. The van der Waals surface area contributed by atoms with Gasteiger partial charge < -0.3 is 14.2 Å². The average molecular weight is 368 g/mol. The molecule has 26 heavy (non-hydrogen) atoms. The predicted molar refractivity (Wildman–Crippen MR) is 84.9 cm³/mol. The Morgan fingerprint density at radius 1 is 0.923 bits per heavy atom. The molecule has 0 radical (unpaired) electrons. The van der Waals surface area contributed by atoms with Crippen LogP contribution >= 0.6 is 0 Å². The van der Waals surface area contributed by atoms with Crippen molar-refractivity contribution < 1.29 is 37.0 Å². The fraction of sp³-hybridized carbons (Fsp3) is 0.222. The fourth-order valence-electron chi connectivity index (χ4n) is 1.92. The molecule has 0 aromatic heterocycles. The summed E-state index contributed by atoms with van der Waals surface area (Å²) in [5.41, 5.74) is 1.02. The Morgan fingerprint density at radius 3 is 2.04 bits per heavy atom. The summed E-state index contributed by atoms with van der Waals surface area (Å²) in [7, 11) is 0. The van der Waals surface area contributed by atoms with Gasteiger partial charge in [0.2, 0.25) is 0 Å². The molecule has 0 atom stereocenters. The van der Waals surface area contributed by atoms with Gasteiger partial charge in [-0.3, -0.25) is 4.79 Å². The molecule has 0 N–H and O–H groups in total. The Balaban J connectivity index is 1.77. The maximum Gasteiger partial charge on any atom is 0.573 e. The lowest BCUT2D eigenvalue weighted by Crippen LogP contribution is -2.17. The quantitative estimate of drug-likeness (QED) is 0.548. The third-order valence-electron chi connectivity index (χ3n) is 3.17. The normalized spacial score (nSPS) is 10.9. The van der Waals surface area contributed by atoms with E-state index in [1.54, 1.807) is 24.3 Å². The number of hydrogen-bond donors (Lipinski definition) is 0. The van der Waals surface area contributed by atoms with Crippen molar-refractivity contribution in [3.05, 3.63) is 59.7 Å². The summed E-state index contributed by atoms with van der Waals surface area (Å²) in [6, 6.07) is 11.2. The van der Waals surface area contributed by atoms with Gasteiger partial charge in [0.25, 0.3) is 0 Å². The number of Topliss-reactive ketones (excluding diaryl/α,β-unsaturated/α-hetero) is 1. The average Bonchev–Trinajstić information content (AvgIpc) is 2.58. The van der Waals surface area contributed by atoms with Crippen molar-refractivity contribution in [2.75, 3.05) is 6.61 Å². The summed E-state index contributed by atoms with van der Waals surface area (Å²) in [4.78, 5) is 22.8. The molecule has 0 heterocycles. The van der Waals surface area contributed by atoms with E-state index >= 15 is 0 Å². The van der Waals surface area contributed by atoms with Crippen LogP contribution in [0.15, 0.2) is 48.5 Å². The minimum Gasteiger partial charge on any atom is -0.482 e. The second kappa shape index (κ2) is 8.37. The van der Waals surface area contributed by atoms with Crippen LogP contribution in [0.3, 0.4) is 0 Å². The van der Waals surface area contributed by atoms with Crippen molar-refractivity contribution in [1.29, 1.82) is 0 Å². The van der Waals surface area contributed by atoms with Crippen molar-refractivity contribution in [3.63, 3.8) is 0 Å². The van der Waals surface area contributed by atoms with Crippen molar-refractivity contribution in [2.45, 2.75) is 19.9 Å². The lowest BCUT2D eigenvalue weighted by atomic mass is 10.1. The van der Waals surface area contributed by atoms with E-state index in [4.69, 9.17) is 9.47 Å². The zero-order chi connectivity index (χ0) is 19.2. The number of ether oxygens (including phenoxy) is 3. The molecular formula is C18H15F3O5. The van der Waals surface area contributed by atoms with E-state index in [0.29, 0.717) is 16.9 Å². The van der Waals surface area contributed by atoms with E-state index in [1.807, 2.05) is 0 Å². The van der Waals surface area contributed by atoms with E-state index in [2.05, 4.69) is 4.74 Å². The number of rotatable bonds is 7. The van der Waals surface area contributed by atoms with Crippen LogP contribution in [0.25, 0.3) is 0 Å². The van der Waals surface area contributed by atoms with Crippen molar-refractivity contribution >= 4 is 11.8 Å². The second-order valence-corrected chi connectivity index (χ2v) is 5.22. The lowest BCUT2D eigenvalue weighted by molar-refractivity contribution is -0.274. The molecule has 0 amide bonds. The van der Waals surface area contributed by atoms with E-state index < -0.39 is 12.3 Å². The van der Waals surface area contributed by atoms with Gasteiger partial charge >= 0.3 is 12.3 Å². The molecule has 2 aromatic rings. The van der Waals surface area contributed by atoms with Gasteiger partial charge in [-0.2, -0.15) is 0 Å². The molecule has 138 valence electrons. The summed E-state index contributed by atoms with van der Waals surface area (Å²) < 4.78 is 50.1. The number of ketones is 1. The van der Waals surface area contributed by atoms with E-state index in [9.17, 15) is 22.8 Å². The van der Waals surface area contributed by atoms with Crippen LogP contribution in [0, 0.1) is 0 Å². The monoisotopic (exact) mass is 368 g/mol. The van der Waals surface area contributed by atoms with E-state index in [1.165, 1.54) is 19.1 Å². The largest absolute Gasteiger partial charge is 0.573 e. The molecule has 0 fully saturated rings. The van der Waals surface area contributed by atoms with Gasteiger partial charge in [0.05, 0.1) is 0 Å². The molecule has 0 aliphatic carbocycles. The summed E-state index contributed by atoms with van der Waals surface area (Å²) in [6.07, 6.45) is -4.76. The first kappa shape index (κ1) is 19.3. The zero-order valence-corrected chi connectivity index (χ0v) is 13.7. The smallest absolute Gasteiger partial charge is 0.482 e. The van der Waals surface area contributed by atoms with Gasteiger partial charge in [-0.25, -0.2) is 4.79 Å². The number of esters is 1. The van der Waals surface area contributed by atoms with Gasteiger partial charge in [0, 0.05) is 5.56 Å². The van der Waals surface area contributed by atoms with E-state index in [-0.39, 0.29) is 24.7 Å². The lowest BCUT2D eigenvalue weighted by Gasteiger charge is -2.10. The minimum atomic E-state index is -4.76. The molecular weight excluding hydrogens is 353 g/mol. The fourth-order valence-corrected chi connectivity index (χ4v) is 1.92. The number of hydrogen-bond acceptors (Lipinski definition) is 5. The SMILES string of the molecule is CC(=O)c1ccc(OCC(=O)OCc2ccc(OC(F)(F)F)cc2)cc1. The molecule has 2 aromatic carbocycles. The topological polar surface area (TPSA) is 61.8 Å². The molecule has 5 nitrogen and oxygen atoms in total. The first-order valence-corrected chi connectivity index (χ1v) is 7.47. The second-order valence-electron chi connectivity index (χ2n) is 5.22. The van der Waals surface area contributed by atoms with Crippen molar-refractivity contribution in [3.8, 4) is 11.5 Å². The van der Waals surface area contributed by atoms with Crippen LogP contribution in [0.5, 0.6) is 11.5 Å². The summed E-state index contributed by atoms with van der Waals surface area (Å²) in [5, 5.41) is 0. The summed E-state index contributed by atoms with van der Waals surface area (Å²) in [6.45, 7) is 0.988. The Bertz CT molecular complexity index is 752. The Labute approximate surface area is 147 Å². The van der Waals surface area contributed by atoms with Gasteiger partial charge in [0.1, 0.15) is 18.1 Å². The van der Waals surface area contributed by atoms with Crippen LogP contribution in [-0.2, 0) is 16.1 Å². The van der Waals surface area contributed by atoms with Crippen LogP contribution in [0.2, 0.25) is 0 Å². The van der Waals surface area contributed by atoms with E-state index in [0.717, 1.165) is 12.1 Å². The number of halogens is 3. The van der Waals surface area contributed by atoms with Crippen LogP contribution < -0.4 is 9.47 Å². The first-order chi connectivity index (χ1) is 12.2. The maximum atomic E-state index is 12.1. The highest BCUT2D eigenvalue weighted by atomic mass is 19.4. The Hall–Kier alpha value is -3.03. The third kappa shape index (κ3) is 6.46. The summed E-state index contributed by atoms with van der Waals surface area (Å²) in [5.74, 6) is -0.676. The predicted octanol–water partition coefficient (Wildman–Crippen LogP) is 3.91. The Morgan fingerprint density at radius 2 is 1.50 bits per heavy atom. The van der Waals surface area contributed by atoms with Gasteiger partial charge in [0.15, 0.2) is 12.4 Å². The number of carbonyl (C=O) groups is 2. The highest BCUT2D eigenvalue weighted by molar-refractivity contribution is 5.94. The third-order valence-corrected chi connectivity index (χ3v) is 3.17. The van der Waals surface area contributed by atoms with Crippen molar-refractivity contribution in [2.24, 2.45) is 0 Å². The minimum absolute atomic E-state index is 0.0809. The Kier molecular flexibility index (Phi) is 6.21. The molecule has 0 bridgehead atoms. The van der Waals surface area contributed by atoms with Crippen molar-refractivity contribution in [1.82, 2.24) is 0 Å². The highest BCUT2D eigenvalue weighted by Crippen LogP contribution is 2.22. The first-order valence-electron chi connectivity index (χ1n) is 7.47. The maximum absolute atomic E-state index is 12.1. The number of benzene rings is 2. The molecule has 0 unspecified atom stereocenters. The molecule has 2 rings (SSSR count). The van der Waals surface area contributed by atoms with Crippen LogP contribution in [0.1, 0.15) is 22.8 Å². The summed E-state index contributed by atoms with van der Waals surface area (Å²) >= 11 is 0. The molecule has 0 saturated heterocycles. The number of carbonyl (C=O) groups excluding carboxylic acids is 2. The number of alkyl halides is 3.